The van der Waals surface area contributed by atoms with Crippen LogP contribution in [0.3, 0.4) is 0 Å². The summed E-state index contributed by atoms with van der Waals surface area (Å²) in [5, 5.41) is 10.2. The summed E-state index contributed by atoms with van der Waals surface area (Å²) < 4.78 is 0. The van der Waals surface area contributed by atoms with E-state index in [9.17, 15) is 5.11 Å². The number of hydrogen-bond acceptors (Lipinski definition) is 1. The molecule has 0 saturated carbocycles. The lowest BCUT2D eigenvalue weighted by atomic mass is 9.86. The topological polar surface area (TPSA) is 20.2 Å². The van der Waals surface area contributed by atoms with Gasteiger partial charge in [0.05, 0.1) is 5.60 Å². The lowest BCUT2D eigenvalue weighted by Gasteiger charge is -2.26. The fraction of sp³-hybridized carbons (Fsp3) is 0.571. The molecule has 82 valence electrons. The third kappa shape index (κ3) is 3.07. The van der Waals surface area contributed by atoms with Crippen molar-refractivity contribution in [1.82, 2.24) is 0 Å². The highest BCUT2D eigenvalue weighted by atomic mass is 16.3. The maximum Gasteiger partial charge on any atom is 0.0865 e. The first kappa shape index (κ1) is 10.7. The molecule has 0 aromatic rings. The van der Waals surface area contributed by atoms with Crippen LogP contribution >= 0.6 is 0 Å². The molecule has 0 saturated heterocycles. The van der Waals surface area contributed by atoms with Gasteiger partial charge in [-0.1, -0.05) is 36.5 Å². The second-order valence-electron chi connectivity index (χ2n) is 4.72. The Morgan fingerprint density at radius 3 is 2.67 bits per heavy atom. The lowest BCUT2D eigenvalue weighted by Crippen LogP contribution is -2.26. The van der Waals surface area contributed by atoms with Gasteiger partial charge in [0.2, 0.25) is 0 Å². The Morgan fingerprint density at radius 1 is 1.13 bits per heavy atom. The second-order valence-corrected chi connectivity index (χ2v) is 4.72. The molecule has 2 aliphatic carbocycles. The molecule has 2 aliphatic rings. The van der Waals surface area contributed by atoms with Gasteiger partial charge in [-0.25, -0.2) is 0 Å². The van der Waals surface area contributed by atoms with Crippen LogP contribution in [0.5, 0.6) is 0 Å². The van der Waals surface area contributed by atoms with Crippen molar-refractivity contribution in [2.24, 2.45) is 5.92 Å². The van der Waals surface area contributed by atoms with Crippen molar-refractivity contribution in [3.05, 3.63) is 36.5 Å². The van der Waals surface area contributed by atoms with E-state index in [2.05, 4.69) is 30.4 Å². The van der Waals surface area contributed by atoms with E-state index < -0.39 is 5.60 Å². The maximum absolute atomic E-state index is 10.2. The van der Waals surface area contributed by atoms with Crippen LogP contribution < -0.4 is 0 Å². The molecule has 0 aromatic carbocycles. The number of aliphatic hydroxyl groups is 1. The Bertz CT molecular complexity index is 288. The highest BCUT2D eigenvalue weighted by molar-refractivity contribution is 5.11. The van der Waals surface area contributed by atoms with Crippen molar-refractivity contribution in [1.29, 1.82) is 0 Å². The Morgan fingerprint density at radius 2 is 2.00 bits per heavy atom. The molecule has 0 heterocycles. The molecule has 0 aromatic heterocycles. The Balaban J connectivity index is 1.91. The van der Waals surface area contributed by atoms with Gasteiger partial charge in [-0.2, -0.15) is 0 Å². The summed E-state index contributed by atoms with van der Waals surface area (Å²) >= 11 is 0. The minimum atomic E-state index is -0.560. The van der Waals surface area contributed by atoms with E-state index in [4.69, 9.17) is 0 Å². The van der Waals surface area contributed by atoms with Gasteiger partial charge >= 0.3 is 0 Å². The molecule has 0 radical (unpaired) electrons. The van der Waals surface area contributed by atoms with Crippen molar-refractivity contribution < 1.29 is 5.11 Å². The van der Waals surface area contributed by atoms with Gasteiger partial charge in [0.25, 0.3) is 0 Å². The van der Waals surface area contributed by atoms with E-state index in [0.717, 1.165) is 25.7 Å². The van der Waals surface area contributed by atoms with Crippen LogP contribution in [0.2, 0.25) is 0 Å². The van der Waals surface area contributed by atoms with Crippen LogP contribution in [0.15, 0.2) is 36.5 Å². The van der Waals surface area contributed by atoms with Crippen LogP contribution in [0, 0.1) is 5.92 Å². The summed E-state index contributed by atoms with van der Waals surface area (Å²) in [5.41, 5.74) is -0.560. The third-order valence-electron chi connectivity index (χ3n) is 3.37. The highest BCUT2D eigenvalue weighted by Crippen LogP contribution is 2.27. The van der Waals surface area contributed by atoms with E-state index in [1.54, 1.807) is 0 Å². The van der Waals surface area contributed by atoms with Crippen LogP contribution in [0.25, 0.3) is 0 Å². The van der Waals surface area contributed by atoms with Crippen molar-refractivity contribution in [3.8, 4) is 0 Å². The van der Waals surface area contributed by atoms with Gasteiger partial charge in [-0.15, -0.1) is 0 Å². The van der Waals surface area contributed by atoms with Gasteiger partial charge in [0.1, 0.15) is 0 Å². The van der Waals surface area contributed by atoms with Crippen molar-refractivity contribution >= 4 is 0 Å². The first-order valence-corrected chi connectivity index (χ1v) is 6.00. The van der Waals surface area contributed by atoms with Crippen LogP contribution in [-0.2, 0) is 0 Å². The van der Waals surface area contributed by atoms with Gasteiger partial charge < -0.3 is 5.11 Å². The minimum absolute atomic E-state index is 0.560. The summed E-state index contributed by atoms with van der Waals surface area (Å²) in [6.07, 6.45) is 19.3. The Kier molecular flexibility index (Phi) is 3.42. The number of rotatable bonds is 2. The summed E-state index contributed by atoms with van der Waals surface area (Å²) in [6, 6.07) is 0. The normalized spacial score (nSPS) is 36.2. The average molecular weight is 204 g/mol. The third-order valence-corrected chi connectivity index (χ3v) is 3.37. The van der Waals surface area contributed by atoms with Gasteiger partial charge in [0, 0.05) is 0 Å². The molecule has 2 rings (SSSR count). The molecule has 1 heteroatoms. The monoisotopic (exact) mass is 204 g/mol. The maximum atomic E-state index is 10.2. The molecule has 0 bridgehead atoms. The van der Waals surface area contributed by atoms with Crippen LogP contribution in [0.4, 0.5) is 0 Å². The lowest BCUT2D eigenvalue weighted by molar-refractivity contribution is 0.0809. The molecule has 0 fully saturated rings. The second kappa shape index (κ2) is 4.80. The quantitative estimate of drug-likeness (QED) is 0.684. The summed E-state index contributed by atoms with van der Waals surface area (Å²) in [4.78, 5) is 0. The highest BCUT2D eigenvalue weighted by Gasteiger charge is 2.23. The molecular weight excluding hydrogens is 184 g/mol. The first-order chi connectivity index (χ1) is 7.29. The SMILES string of the molecule is OC1(C=CC2CC=CCC2)CC=CCC1. The van der Waals surface area contributed by atoms with Gasteiger partial charge in [-0.3, -0.25) is 0 Å². The van der Waals surface area contributed by atoms with E-state index in [0.29, 0.717) is 5.92 Å². The fourth-order valence-corrected chi connectivity index (χ4v) is 2.30. The van der Waals surface area contributed by atoms with Crippen LogP contribution in [0.1, 0.15) is 38.5 Å². The fourth-order valence-electron chi connectivity index (χ4n) is 2.30. The van der Waals surface area contributed by atoms with Crippen molar-refractivity contribution in [3.63, 3.8) is 0 Å². The molecule has 1 nitrogen and oxygen atoms in total. The molecule has 2 atom stereocenters. The summed E-state index contributed by atoms with van der Waals surface area (Å²) in [6.45, 7) is 0. The summed E-state index contributed by atoms with van der Waals surface area (Å²) in [5.74, 6) is 0.643. The van der Waals surface area contributed by atoms with Gasteiger partial charge in [-0.05, 0) is 44.4 Å². The molecule has 1 N–H and O–H groups in total. The average Bonchev–Trinajstić information content (AvgIpc) is 2.29. The molecule has 0 spiro atoms. The Labute approximate surface area is 92.2 Å². The molecule has 15 heavy (non-hydrogen) atoms. The predicted octanol–water partition coefficient (Wildman–Crippen LogP) is 3.37. The van der Waals surface area contributed by atoms with E-state index in [1.807, 2.05) is 6.08 Å². The standard InChI is InChI=1S/C14H20O/c15-14(10-5-2-6-11-14)12-9-13-7-3-1-4-8-13/h1-3,5,9,12-13,15H,4,6-8,10-11H2. The minimum Gasteiger partial charge on any atom is -0.385 e. The molecule has 0 amide bonds. The number of hydrogen-bond donors (Lipinski definition) is 1. The summed E-state index contributed by atoms with van der Waals surface area (Å²) in [7, 11) is 0. The zero-order valence-corrected chi connectivity index (χ0v) is 9.23. The first-order valence-electron chi connectivity index (χ1n) is 6.00. The van der Waals surface area contributed by atoms with Crippen molar-refractivity contribution in [2.45, 2.75) is 44.1 Å². The number of allylic oxidation sites excluding steroid dienone is 4. The molecule has 0 aliphatic heterocycles. The smallest absolute Gasteiger partial charge is 0.0865 e. The molecular formula is C14H20O. The van der Waals surface area contributed by atoms with Gasteiger partial charge in [0.15, 0.2) is 0 Å². The zero-order valence-electron chi connectivity index (χ0n) is 9.23. The molecule has 2 unspecified atom stereocenters. The largest absolute Gasteiger partial charge is 0.385 e. The van der Waals surface area contributed by atoms with E-state index >= 15 is 0 Å². The zero-order chi connectivity index (χ0) is 10.6. The van der Waals surface area contributed by atoms with E-state index in [1.165, 1.54) is 12.8 Å². The predicted molar refractivity (Wildman–Crippen MR) is 63.6 cm³/mol. The Hall–Kier alpha value is -0.820. The van der Waals surface area contributed by atoms with E-state index in [-0.39, 0.29) is 0 Å². The van der Waals surface area contributed by atoms with Crippen molar-refractivity contribution in [2.75, 3.05) is 0 Å². The van der Waals surface area contributed by atoms with Crippen LogP contribution in [-0.4, -0.2) is 10.7 Å².